The van der Waals surface area contributed by atoms with Crippen molar-refractivity contribution >= 4 is 17.1 Å². The van der Waals surface area contributed by atoms with Gasteiger partial charge in [-0.25, -0.2) is 4.39 Å². The molecule has 0 aliphatic rings. The van der Waals surface area contributed by atoms with Crippen LogP contribution in [0.15, 0.2) is 53.9 Å². The van der Waals surface area contributed by atoms with Gasteiger partial charge < -0.3 is 4.98 Å². The second kappa shape index (κ2) is 5.78. The Hall–Kier alpha value is -2.64. The molecule has 0 spiro atoms. The van der Waals surface area contributed by atoms with E-state index in [-0.39, 0.29) is 11.6 Å². The molecule has 3 rings (SSSR count). The van der Waals surface area contributed by atoms with E-state index >= 15 is 0 Å². The molecule has 0 bridgehead atoms. The van der Waals surface area contributed by atoms with Crippen LogP contribution in [-0.4, -0.2) is 10.8 Å². The van der Waals surface area contributed by atoms with E-state index in [1.165, 1.54) is 23.5 Å². The van der Waals surface area contributed by atoms with Crippen molar-refractivity contribution in [2.24, 2.45) is 0 Å². The Morgan fingerprint density at radius 2 is 2.05 bits per heavy atom. The molecule has 0 saturated heterocycles. The van der Waals surface area contributed by atoms with E-state index in [9.17, 15) is 9.18 Å². The molecule has 2 nitrogen and oxygen atoms in total. The Bertz CT molecular complexity index is 837. The summed E-state index contributed by atoms with van der Waals surface area (Å²) in [5.41, 5.74) is 2.13. The normalized spacial score (nSPS) is 9.95. The number of hydrogen-bond donors (Lipinski definition) is 1. The number of aromatic amines is 1. The molecule has 1 N–H and O–H groups in total. The first-order valence-electron chi connectivity index (χ1n) is 6.27. The van der Waals surface area contributed by atoms with E-state index in [0.717, 1.165) is 11.3 Å². The van der Waals surface area contributed by atoms with Crippen LogP contribution in [0.1, 0.15) is 15.4 Å². The van der Waals surface area contributed by atoms with Crippen LogP contribution < -0.4 is 0 Å². The molecule has 0 saturated carbocycles. The average Bonchev–Trinajstić information content (AvgIpc) is 3.16. The number of benzene rings is 1. The third-order valence-corrected chi connectivity index (χ3v) is 3.75. The third kappa shape index (κ3) is 3.10. The molecule has 2 heterocycles. The van der Waals surface area contributed by atoms with E-state index < -0.39 is 0 Å². The van der Waals surface area contributed by atoms with Gasteiger partial charge in [0.25, 0.3) is 0 Å². The monoisotopic (exact) mass is 295 g/mol. The minimum absolute atomic E-state index is 0.202. The number of carbonyl (C=O) groups excluding carboxylic acids is 1. The fraction of sp³-hybridized carbons (Fsp3) is 0. The van der Waals surface area contributed by atoms with Gasteiger partial charge in [0.1, 0.15) is 5.82 Å². The third-order valence-electron chi connectivity index (χ3n) is 2.88. The molecule has 0 atom stereocenters. The molecule has 1 aromatic carbocycles. The number of Topliss-reactive ketones (excluding diaryl/α,β-unsaturated/α-hetero) is 1. The van der Waals surface area contributed by atoms with Gasteiger partial charge in [0.05, 0.1) is 10.6 Å². The molecule has 0 aliphatic heterocycles. The zero-order valence-corrected chi connectivity index (χ0v) is 11.7. The Morgan fingerprint density at radius 3 is 2.81 bits per heavy atom. The van der Waals surface area contributed by atoms with E-state index in [1.807, 2.05) is 23.6 Å². The highest BCUT2D eigenvalue weighted by Crippen LogP contribution is 2.19. The number of thiophene rings is 1. The standard InChI is InChI=1S/C17H10FNOS/c18-13-4-1-3-12(11-13)15-8-6-14(19-15)7-9-16(20)17-5-2-10-21-17/h1-6,8,10-11,19H. The van der Waals surface area contributed by atoms with Gasteiger partial charge in [-0.2, -0.15) is 0 Å². The van der Waals surface area contributed by atoms with Gasteiger partial charge >= 0.3 is 0 Å². The van der Waals surface area contributed by atoms with Crippen molar-refractivity contribution < 1.29 is 9.18 Å². The Labute approximate surface area is 125 Å². The van der Waals surface area contributed by atoms with Crippen LogP contribution in [0.4, 0.5) is 4.39 Å². The fourth-order valence-corrected chi connectivity index (χ4v) is 2.50. The van der Waals surface area contributed by atoms with E-state index in [0.29, 0.717) is 10.6 Å². The van der Waals surface area contributed by atoms with Crippen molar-refractivity contribution in [3.05, 3.63) is 70.3 Å². The summed E-state index contributed by atoms with van der Waals surface area (Å²) in [6, 6.07) is 13.4. The van der Waals surface area contributed by atoms with E-state index in [2.05, 4.69) is 16.8 Å². The number of halogens is 1. The van der Waals surface area contributed by atoms with Crippen LogP contribution >= 0.6 is 11.3 Å². The highest BCUT2D eigenvalue weighted by atomic mass is 32.1. The molecule has 0 unspecified atom stereocenters. The molecule has 2 aromatic heterocycles. The summed E-state index contributed by atoms with van der Waals surface area (Å²) in [4.78, 5) is 15.5. The van der Waals surface area contributed by atoms with Crippen LogP contribution in [0.25, 0.3) is 11.3 Å². The quantitative estimate of drug-likeness (QED) is 0.560. The minimum atomic E-state index is -0.289. The van der Waals surface area contributed by atoms with Crippen LogP contribution in [0.2, 0.25) is 0 Å². The maximum atomic E-state index is 13.2. The number of nitrogens with one attached hydrogen (secondary N) is 1. The molecule has 0 radical (unpaired) electrons. The van der Waals surface area contributed by atoms with Crippen molar-refractivity contribution in [2.45, 2.75) is 0 Å². The molecule has 3 aromatic rings. The van der Waals surface area contributed by atoms with E-state index in [4.69, 9.17) is 0 Å². The van der Waals surface area contributed by atoms with Crippen LogP contribution in [-0.2, 0) is 0 Å². The van der Waals surface area contributed by atoms with Gasteiger partial charge in [0.15, 0.2) is 0 Å². The maximum absolute atomic E-state index is 13.2. The molecule has 0 aliphatic carbocycles. The Morgan fingerprint density at radius 1 is 1.14 bits per heavy atom. The lowest BCUT2D eigenvalue weighted by Gasteiger charge is -1.97. The summed E-state index contributed by atoms with van der Waals surface area (Å²) < 4.78 is 13.2. The predicted octanol–water partition coefficient (Wildman–Crippen LogP) is 4.12. The average molecular weight is 295 g/mol. The van der Waals surface area contributed by atoms with Crippen molar-refractivity contribution in [1.29, 1.82) is 0 Å². The topological polar surface area (TPSA) is 32.9 Å². The first-order valence-corrected chi connectivity index (χ1v) is 7.15. The number of rotatable bonds is 2. The largest absolute Gasteiger partial charge is 0.348 e. The van der Waals surface area contributed by atoms with Gasteiger partial charge in [0.2, 0.25) is 5.78 Å². The SMILES string of the molecule is O=C(C#Cc1ccc(-c2cccc(F)c2)[nH]1)c1cccs1. The summed E-state index contributed by atoms with van der Waals surface area (Å²) in [5.74, 6) is 4.90. The molecule has 0 amide bonds. The molecular weight excluding hydrogens is 285 g/mol. The minimum Gasteiger partial charge on any atom is -0.348 e. The van der Waals surface area contributed by atoms with Crippen molar-refractivity contribution in [1.82, 2.24) is 4.98 Å². The van der Waals surface area contributed by atoms with Crippen LogP contribution in [0.3, 0.4) is 0 Å². The van der Waals surface area contributed by atoms with Crippen LogP contribution in [0.5, 0.6) is 0 Å². The van der Waals surface area contributed by atoms with Crippen molar-refractivity contribution in [3.63, 3.8) is 0 Å². The second-order valence-electron chi connectivity index (χ2n) is 4.35. The number of ketones is 1. The van der Waals surface area contributed by atoms with Gasteiger partial charge in [-0.15, -0.1) is 11.3 Å². The highest BCUT2D eigenvalue weighted by Gasteiger charge is 2.03. The van der Waals surface area contributed by atoms with Crippen molar-refractivity contribution in [3.8, 4) is 23.1 Å². The summed E-state index contributed by atoms with van der Waals surface area (Å²) in [6.07, 6.45) is 0. The molecule has 4 heteroatoms. The fourth-order valence-electron chi connectivity index (χ4n) is 1.89. The first-order chi connectivity index (χ1) is 10.2. The van der Waals surface area contributed by atoms with Crippen LogP contribution in [0, 0.1) is 17.7 Å². The summed E-state index contributed by atoms with van der Waals surface area (Å²) in [5, 5.41) is 1.84. The number of carbonyl (C=O) groups is 1. The highest BCUT2D eigenvalue weighted by molar-refractivity contribution is 7.12. The second-order valence-corrected chi connectivity index (χ2v) is 5.30. The lowest BCUT2D eigenvalue weighted by molar-refractivity contribution is 0.106. The predicted molar refractivity (Wildman–Crippen MR) is 81.7 cm³/mol. The number of aromatic nitrogens is 1. The smallest absolute Gasteiger partial charge is 0.246 e. The Balaban J connectivity index is 1.82. The van der Waals surface area contributed by atoms with Crippen molar-refractivity contribution in [2.75, 3.05) is 0 Å². The summed E-state index contributed by atoms with van der Waals surface area (Å²) >= 11 is 1.37. The lowest BCUT2D eigenvalue weighted by atomic mass is 10.1. The molecule has 102 valence electrons. The zero-order valence-electron chi connectivity index (χ0n) is 10.9. The molecule has 21 heavy (non-hydrogen) atoms. The number of hydrogen-bond acceptors (Lipinski definition) is 2. The lowest BCUT2D eigenvalue weighted by Crippen LogP contribution is -1.90. The molecular formula is C17H10FNOS. The maximum Gasteiger partial charge on any atom is 0.246 e. The molecule has 0 fully saturated rings. The zero-order chi connectivity index (χ0) is 14.7. The first kappa shape index (κ1) is 13.3. The summed E-state index contributed by atoms with van der Waals surface area (Å²) in [6.45, 7) is 0. The summed E-state index contributed by atoms with van der Waals surface area (Å²) in [7, 11) is 0. The van der Waals surface area contributed by atoms with E-state index in [1.54, 1.807) is 18.2 Å². The number of H-pyrrole nitrogens is 1. The van der Waals surface area contributed by atoms with Gasteiger partial charge in [-0.3, -0.25) is 4.79 Å². The Kier molecular flexibility index (Phi) is 3.67. The van der Waals surface area contributed by atoms with Gasteiger partial charge in [-0.05, 0) is 47.6 Å². The van der Waals surface area contributed by atoms with Gasteiger partial charge in [0, 0.05) is 11.3 Å². The van der Waals surface area contributed by atoms with Gasteiger partial charge in [-0.1, -0.05) is 18.2 Å².